The number of hydrogen-bond acceptors (Lipinski definition) is 2. The lowest BCUT2D eigenvalue weighted by molar-refractivity contribution is -0.120. The highest BCUT2D eigenvalue weighted by molar-refractivity contribution is 14.1. The largest absolute Gasteiger partial charge is 0.376 e. The second-order valence-electron chi connectivity index (χ2n) is 5.12. The van der Waals surface area contributed by atoms with Gasteiger partial charge in [-0.05, 0) is 59.7 Å². The molecule has 0 aliphatic heterocycles. The van der Waals surface area contributed by atoms with Gasteiger partial charge < -0.3 is 10.6 Å². The molecule has 0 spiro atoms. The van der Waals surface area contributed by atoms with Gasteiger partial charge in [-0.25, -0.2) is 0 Å². The van der Waals surface area contributed by atoms with Crippen LogP contribution in [0.2, 0.25) is 0 Å². The summed E-state index contributed by atoms with van der Waals surface area (Å²) in [5.74, 6) is 0.102. The van der Waals surface area contributed by atoms with Crippen LogP contribution in [0.4, 0.5) is 5.69 Å². The summed E-state index contributed by atoms with van der Waals surface area (Å²) < 4.78 is 1.20. The molecule has 1 saturated carbocycles. The molecule has 1 aromatic carbocycles. The highest BCUT2D eigenvalue weighted by Gasteiger charge is 2.14. The van der Waals surface area contributed by atoms with E-state index >= 15 is 0 Å². The predicted octanol–water partition coefficient (Wildman–Crippen LogP) is 3.54. The maximum absolute atomic E-state index is 11.9. The van der Waals surface area contributed by atoms with Crippen molar-refractivity contribution in [3.05, 3.63) is 27.8 Å². The fraction of sp³-hybridized carbons (Fsp3) is 0.533. The van der Waals surface area contributed by atoms with Crippen molar-refractivity contribution in [2.75, 3.05) is 11.9 Å². The third kappa shape index (κ3) is 5.38. The number of rotatable bonds is 4. The first-order chi connectivity index (χ1) is 9.24. The van der Waals surface area contributed by atoms with E-state index in [0.29, 0.717) is 12.6 Å². The van der Waals surface area contributed by atoms with E-state index in [0.717, 1.165) is 18.5 Å². The van der Waals surface area contributed by atoms with Crippen molar-refractivity contribution in [2.24, 2.45) is 0 Å². The Balaban J connectivity index is 1.73. The summed E-state index contributed by atoms with van der Waals surface area (Å²) in [5, 5.41) is 6.30. The Kier molecular flexibility index (Phi) is 5.94. The molecule has 0 heterocycles. The van der Waals surface area contributed by atoms with Crippen LogP contribution in [0.3, 0.4) is 0 Å². The van der Waals surface area contributed by atoms with Gasteiger partial charge in [0.1, 0.15) is 0 Å². The molecule has 0 aromatic heterocycles. The normalized spacial score (nSPS) is 16.7. The Labute approximate surface area is 128 Å². The van der Waals surface area contributed by atoms with Crippen molar-refractivity contribution in [3.63, 3.8) is 0 Å². The van der Waals surface area contributed by atoms with Crippen LogP contribution in [-0.2, 0) is 4.79 Å². The fourth-order valence-electron chi connectivity index (χ4n) is 2.45. The first kappa shape index (κ1) is 14.6. The quantitative estimate of drug-likeness (QED) is 0.627. The molecule has 0 saturated heterocycles. The van der Waals surface area contributed by atoms with Gasteiger partial charge in [0.15, 0.2) is 0 Å². The second-order valence-corrected chi connectivity index (χ2v) is 6.36. The van der Waals surface area contributed by atoms with Crippen LogP contribution in [-0.4, -0.2) is 18.5 Å². The Hall–Kier alpha value is -0.780. The number of hydrogen-bond donors (Lipinski definition) is 2. The van der Waals surface area contributed by atoms with E-state index in [4.69, 9.17) is 0 Å². The molecule has 0 atom stereocenters. The van der Waals surface area contributed by atoms with Crippen LogP contribution in [0, 0.1) is 3.57 Å². The van der Waals surface area contributed by atoms with Crippen LogP contribution >= 0.6 is 22.6 Å². The van der Waals surface area contributed by atoms with E-state index in [9.17, 15) is 4.79 Å². The van der Waals surface area contributed by atoms with E-state index in [-0.39, 0.29) is 5.91 Å². The first-order valence-corrected chi connectivity index (χ1v) is 8.11. The number of anilines is 1. The van der Waals surface area contributed by atoms with Crippen LogP contribution in [0.15, 0.2) is 24.3 Å². The Bertz CT molecular complexity index is 397. The third-order valence-corrected chi connectivity index (χ3v) is 4.24. The molecule has 4 heteroatoms. The smallest absolute Gasteiger partial charge is 0.239 e. The summed E-state index contributed by atoms with van der Waals surface area (Å²) in [6.45, 7) is 0.358. The molecule has 1 fully saturated rings. The molecular weight excluding hydrogens is 351 g/mol. The van der Waals surface area contributed by atoms with E-state index in [1.54, 1.807) is 0 Å². The van der Waals surface area contributed by atoms with Gasteiger partial charge in [0.05, 0.1) is 6.54 Å². The second kappa shape index (κ2) is 7.72. The molecule has 0 unspecified atom stereocenters. The zero-order chi connectivity index (χ0) is 13.5. The van der Waals surface area contributed by atoms with Gasteiger partial charge in [-0.15, -0.1) is 0 Å². The average molecular weight is 372 g/mol. The van der Waals surface area contributed by atoms with Gasteiger partial charge in [0, 0.05) is 15.3 Å². The number of halogens is 1. The number of benzene rings is 1. The van der Waals surface area contributed by atoms with E-state index in [1.807, 2.05) is 24.3 Å². The topological polar surface area (TPSA) is 41.1 Å². The molecule has 1 aliphatic carbocycles. The lowest BCUT2D eigenvalue weighted by Gasteiger charge is -2.16. The van der Waals surface area contributed by atoms with Gasteiger partial charge in [-0.3, -0.25) is 4.79 Å². The molecule has 1 amide bonds. The Morgan fingerprint density at radius 2 is 1.74 bits per heavy atom. The van der Waals surface area contributed by atoms with Crippen molar-refractivity contribution < 1.29 is 4.79 Å². The molecule has 19 heavy (non-hydrogen) atoms. The minimum atomic E-state index is 0.102. The minimum absolute atomic E-state index is 0.102. The predicted molar refractivity (Wildman–Crippen MR) is 87.3 cm³/mol. The third-order valence-electron chi connectivity index (χ3n) is 3.52. The molecule has 2 rings (SSSR count). The standard InChI is InChI=1S/C15H21IN2O/c16-12-7-9-13(10-8-12)17-11-15(19)18-14-5-3-1-2-4-6-14/h7-10,14,17H,1-6,11H2,(H,18,19). The van der Waals surface area contributed by atoms with E-state index in [2.05, 4.69) is 33.2 Å². The van der Waals surface area contributed by atoms with Gasteiger partial charge >= 0.3 is 0 Å². The zero-order valence-corrected chi connectivity index (χ0v) is 13.3. The van der Waals surface area contributed by atoms with E-state index < -0.39 is 0 Å². The fourth-order valence-corrected chi connectivity index (χ4v) is 2.81. The summed E-state index contributed by atoms with van der Waals surface area (Å²) >= 11 is 2.27. The molecular formula is C15H21IN2O. The maximum atomic E-state index is 11.9. The molecule has 0 bridgehead atoms. The first-order valence-electron chi connectivity index (χ1n) is 7.03. The monoisotopic (exact) mass is 372 g/mol. The van der Waals surface area contributed by atoms with Gasteiger partial charge in [0.2, 0.25) is 5.91 Å². The summed E-state index contributed by atoms with van der Waals surface area (Å²) in [5.41, 5.74) is 0.997. The number of amides is 1. The number of nitrogens with one attached hydrogen (secondary N) is 2. The summed E-state index contributed by atoms with van der Waals surface area (Å²) in [6, 6.07) is 8.45. The lowest BCUT2D eigenvalue weighted by Crippen LogP contribution is -2.38. The maximum Gasteiger partial charge on any atom is 0.239 e. The van der Waals surface area contributed by atoms with Crippen molar-refractivity contribution >= 4 is 34.2 Å². The lowest BCUT2D eigenvalue weighted by atomic mass is 10.1. The van der Waals surface area contributed by atoms with Gasteiger partial charge in [-0.2, -0.15) is 0 Å². The molecule has 3 nitrogen and oxygen atoms in total. The molecule has 1 aromatic rings. The molecule has 2 N–H and O–H groups in total. The number of carbonyl (C=O) groups is 1. The zero-order valence-electron chi connectivity index (χ0n) is 11.1. The molecule has 0 radical (unpaired) electrons. The highest BCUT2D eigenvalue weighted by Crippen LogP contribution is 2.17. The Morgan fingerprint density at radius 1 is 1.11 bits per heavy atom. The van der Waals surface area contributed by atoms with Crippen molar-refractivity contribution in [3.8, 4) is 0 Å². The number of carbonyl (C=O) groups excluding carboxylic acids is 1. The molecule has 104 valence electrons. The summed E-state index contributed by atoms with van der Waals surface area (Å²) in [6.07, 6.45) is 7.39. The average Bonchev–Trinajstić information content (AvgIpc) is 2.67. The van der Waals surface area contributed by atoms with Crippen molar-refractivity contribution in [1.82, 2.24) is 5.32 Å². The van der Waals surface area contributed by atoms with Crippen LogP contribution in [0.25, 0.3) is 0 Å². The van der Waals surface area contributed by atoms with Crippen molar-refractivity contribution in [2.45, 2.75) is 44.6 Å². The SMILES string of the molecule is O=C(CNc1ccc(I)cc1)NC1CCCCCC1. The van der Waals surface area contributed by atoms with Crippen molar-refractivity contribution in [1.29, 1.82) is 0 Å². The van der Waals surface area contributed by atoms with Gasteiger partial charge in [-0.1, -0.05) is 25.7 Å². The minimum Gasteiger partial charge on any atom is -0.376 e. The summed E-state index contributed by atoms with van der Waals surface area (Å²) in [7, 11) is 0. The van der Waals surface area contributed by atoms with Crippen LogP contribution in [0.1, 0.15) is 38.5 Å². The van der Waals surface area contributed by atoms with Crippen LogP contribution < -0.4 is 10.6 Å². The highest BCUT2D eigenvalue weighted by atomic mass is 127. The Morgan fingerprint density at radius 3 is 2.37 bits per heavy atom. The molecule has 1 aliphatic rings. The van der Waals surface area contributed by atoms with Crippen LogP contribution in [0.5, 0.6) is 0 Å². The summed E-state index contributed by atoms with van der Waals surface area (Å²) in [4.78, 5) is 11.9. The van der Waals surface area contributed by atoms with Gasteiger partial charge in [0.25, 0.3) is 0 Å². The van der Waals surface area contributed by atoms with E-state index in [1.165, 1.54) is 29.3 Å².